The van der Waals surface area contributed by atoms with E-state index in [9.17, 15) is 25.9 Å². The monoisotopic (exact) mass is 741 g/mol. The maximum atomic E-state index is 11.4. The minimum absolute atomic E-state index is 0. The van der Waals surface area contributed by atoms with Gasteiger partial charge in [0.2, 0.25) is 5.69 Å². The van der Waals surface area contributed by atoms with E-state index in [4.69, 9.17) is 0 Å². The van der Waals surface area contributed by atoms with E-state index in [0.717, 1.165) is 33.6 Å². The van der Waals surface area contributed by atoms with E-state index in [1.807, 2.05) is 12.1 Å². The molecule has 0 aliphatic carbocycles. The number of benzene rings is 4. The Kier molecular flexibility index (Phi) is 12.5. The van der Waals surface area contributed by atoms with E-state index in [1.165, 1.54) is 21.9 Å². The zero-order valence-electron chi connectivity index (χ0n) is 30.0. The molecule has 0 saturated heterocycles. The Morgan fingerprint density at radius 1 is 0.706 bits per heavy atom. The molecule has 12 heteroatoms. The Hall–Kier alpha value is -2.87. The summed E-state index contributed by atoms with van der Waals surface area (Å²) in [6.45, 7) is 10.1. The summed E-state index contributed by atoms with van der Waals surface area (Å²) >= 11 is 0. The molecule has 0 amide bonds. The van der Waals surface area contributed by atoms with Crippen LogP contribution in [-0.4, -0.2) is 66.3 Å². The van der Waals surface area contributed by atoms with Crippen molar-refractivity contribution in [2.24, 2.45) is 0 Å². The molecule has 4 aromatic rings. The van der Waals surface area contributed by atoms with Crippen LogP contribution in [0.2, 0.25) is 0 Å². The van der Waals surface area contributed by atoms with Crippen LogP contribution in [-0.2, 0) is 31.1 Å². The summed E-state index contributed by atoms with van der Waals surface area (Å²) in [5.74, 6) is -0.535. The van der Waals surface area contributed by atoms with E-state index in [1.54, 1.807) is 0 Å². The molecular weight excluding hydrogens is 696 g/mol. The predicted octanol–water partition coefficient (Wildman–Crippen LogP) is 4.77. The van der Waals surface area contributed by atoms with Crippen LogP contribution in [0.15, 0.2) is 96.7 Å². The van der Waals surface area contributed by atoms with Crippen LogP contribution in [0.3, 0.4) is 0 Å². The average molecular weight is 742 g/mol. The largest absolute Gasteiger partial charge is 1.00 e. The number of nitrogens with zero attached hydrogens (tertiary/aromatic N) is 2. The SMILES string of the molecule is CC1(C)C(/C=C/C=C2/N(CCCCS(=O)(=O)O)c3ccc4ccccc4c3C2(C)C)=[N+](CCCCS(=O)(=O)O)c2ccc3ccccc3c21.[Na+].[OH-]. The minimum Gasteiger partial charge on any atom is -0.870 e. The van der Waals surface area contributed by atoms with E-state index >= 15 is 0 Å². The molecule has 2 aliphatic rings. The van der Waals surface area contributed by atoms with Crippen molar-refractivity contribution in [1.82, 2.24) is 0 Å². The standard InChI is InChI=1S/C39H44N2O6S2.Na.H2O/c1-38(2)34(40(24-9-11-26-48(42,43)44)32-22-20-28-14-5-7-16-30(28)36(32)38)18-13-19-35-39(3,4)37-31-17-8-6-15-29(31)21-23-33(37)41(35)25-10-12-27-49(45,46)47;;/h5-8,13-23H,9-12,24-27H2,1-4H3,(H-,42,43,44,45,46,47);;1H2/q;+1;. The fourth-order valence-electron chi connectivity index (χ4n) is 7.89. The Morgan fingerprint density at radius 2 is 1.25 bits per heavy atom. The van der Waals surface area contributed by atoms with Crippen LogP contribution in [0.4, 0.5) is 11.4 Å². The quantitative estimate of drug-likeness (QED) is 0.0915. The molecule has 51 heavy (non-hydrogen) atoms. The van der Waals surface area contributed by atoms with Gasteiger partial charge in [0.1, 0.15) is 6.54 Å². The molecule has 2 aliphatic heterocycles. The van der Waals surface area contributed by atoms with Crippen LogP contribution in [0.5, 0.6) is 0 Å². The third kappa shape index (κ3) is 8.36. The normalized spacial score (nSPS) is 17.2. The summed E-state index contributed by atoms with van der Waals surface area (Å²) in [4.78, 5) is 2.29. The first-order valence-electron chi connectivity index (χ1n) is 16.9. The van der Waals surface area contributed by atoms with Gasteiger partial charge in [0, 0.05) is 47.5 Å². The predicted molar refractivity (Wildman–Crippen MR) is 202 cm³/mol. The molecule has 0 atom stereocenters. The molecule has 266 valence electrons. The van der Waals surface area contributed by atoms with Gasteiger partial charge in [-0.2, -0.15) is 21.4 Å². The fraction of sp³-hybridized carbons (Fsp3) is 0.359. The molecule has 0 radical (unpaired) electrons. The van der Waals surface area contributed by atoms with Gasteiger partial charge in [0.15, 0.2) is 5.71 Å². The smallest absolute Gasteiger partial charge is 0.870 e. The van der Waals surface area contributed by atoms with Gasteiger partial charge >= 0.3 is 29.6 Å². The molecule has 0 spiro atoms. The third-order valence-electron chi connectivity index (χ3n) is 10.1. The number of hydrogen-bond acceptors (Lipinski definition) is 6. The Bertz CT molecular complexity index is 2260. The van der Waals surface area contributed by atoms with Crippen LogP contribution in [0, 0.1) is 0 Å². The van der Waals surface area contributed by atoms with Gasteiger partial charge < -0.3 is 10.4 Å². The second-order valence-corrected chi connectivity index (χ2v) is 17.3. The molecule has 0 unspecified atom stereocenters. The number of unbranched alkanes of at least 4 members (excludes halogenated alkanes) is 2. The van der Waals surface area contributed by atoms with Gasteiger partial charge in [-0.1, -0.05) is 74.5 Å². The Labute approximate surface area is 323 Å². The van der Waals surface area contributed by atoms with Crippen LogP contribution in [0.25, 0.3) is 21.5 Å². The van der Waals surface area contributed by atoms with Crippen LogP contribution in [0.1, 0.15) is 64.5 Å². The number of allylic oxidation sites excluding steroid dienone is 4. The molecule has 0 aromatic heterocycles. The zero-order chi connectivity index (χ0) is 35.2. The molecule has 0 saturated carbocycles. The van der Waals surface area contributed by atoms with Crippen LogP contribution >= 0.6 is 0 Å². The maximum Gasteiger partial charge on any atom is 1.00 e. The van der Waals surface area contributed by atoms with Gasteiger partial charge in [-0.05, 0) is 78.4 Å². The van der Waals surface area contributed by atoms with Gasteiger partial charge in [-0.3, -0.25) is 9.11 Å². The first-order valence-corrected chi connectivity index (χ1v) is 20.1. The molecule has 0 bridgehead atoms. The summed E-state index contributed by atoms with van der Waals surface area (Å²) in [6.07, 6.45) is 8.32. The molecule has 3 N–H and O–H groups in total. The van der Waals surface area contributed by atoms with E-state index in [2.05, 4.69) is 116 Å². The van der Waals surface area contributed by atoms with Crippen molar-refractivity contribution in [3.05, 3.63) is 108 Å². The summed E-state index contributed by atoms with van der Waals surface area (Å²) in [7, 11) is -8.06. The second kappa shape index (κ2) is 15.6. The fourth-order valence-corrected chi connectivity index (χ4v) is 9.03. The topological polar surface area (TPSA) is 145 Å². The van der Waals surface area contributed by atoms with Gasteiger partial charge in [-0.15, -0.1) is 0 Å². The average Bonchev–Trinajstić information content (AvgIpc) is 3.39. The van der Waals surface area contributed by atoms with E-state index in [-0.39, 0.29) is 57.4 Å². The summed E-state index contributed by atoms with van der Waals surface area (Å²) in [6, 6.07) is 25.3. The maximum absolute atomic E-state index is 11.4. The summed E-state index contributed by atoms with van der Waals surface area (Å²) in [5.41, 5.74) is 6.15. The van der Waals surface area contributed by atoms with Gasteiger partial charge in [0.25, 0.3) is 20.2 Å². The van der Waals surface area contributed by atoms with Crippen LogP contribution < -0.4 is 34.5 Å². The van der Waals surface area contributed by atoms with Crippen molar-refractivity contribution in [2.45, 2.75) is 64.2 Å². The van der Waals surface area contributed by atoms with Crippen molar-refractivity contribution in [3.63, 3.8) is 0 Å². The van der Waals surface area contributed by atoms with E-state index in [0.29, 0.717) is 38.8 Å². The van der Waals surface area contributed by atoms with Gasteiger partial charge in [-0.25, -0.2) is 0 Å². The number of anilines is 1. The Morgan fingerprint density at radius 3 is 1.86 bits per heavy atom. The summed E-state index contributed by atoms with van der Waals surface area (Å²) in [5, 5.41) is 4.70. The molecule has 0 fully saturated rings. The minimum atomic E-state index is -4.03. The zero-order valence-corrected chi connectivity index (χ0v) is 33.6. The first-order chi connectivity index (χ1) is 23.1. The van der Waals surface area contributed by atoms with Crippen molar-refractivity contribution < 1.29 is 65.6 Å². The molecule has 6 rings (SSSR count). The van der Waals surface area contributed by atoms with Crippen molar-refractivity contribution in [3.8, 4) is 0 Å². The molecule has 9 nitrogen and oxygen atoms in total. The Balaban J connectivity index is 0.00000292. The summed E-state index contributed by atoms with van der Waals surface area (Å²) < 4.78 is 66.7. The van der Waals surface area contributed by atoms with E-state index < -0.39 is 20.2 Å². The first kappa shape index (κ1) is 40.9. The van der Waals surface area contributed by atoms with Crippen molar-refractivity contribution in [2.75, 3.05) is 29.5 Å². The number of hydrogen-bond donors (Lipinski definition) is 2. The number of fused-ring (bicyclic) bond motifs is 6. The number of rotatable bonds is 12. The molecule has 4 aromatic carbocycles. The molecular formula is C39H46N2NaO7S2+. The van der Waals surface area contributed by atoms with Crippen molar-refractivity contribution in [1.29, 1.82) is 0 Å². The van der Waals surface area contributed by atoms with Crippen molar-refractivity contribution >= 4 is 58.9 Å². The second-order valence-electron chi connectivity index (χ2n) is 14.2. The molecule has 2 heterocycles. The third-order valence-corrected chi connectivity index (χ3v) is 11.7. The van der Waals surface area contributed by atoms with Gasteiger partial charge in [0.05, 0.1) is 16.9 Å².